The molecule has 0 amide bonds. The maximum absolute atomic E-state index is 4.57. The van der Waals surface area contributed by atoms with Crippen LogP contribution >= 0.6 is 23.1 Å². The van der Waals surface area contributed by atoms with Gasteiger partial charge in [-0.1, -0.05) is 42.1 Å². The zero-order chi connectivity index (χ0) is 18.6. The Morgan fingerprint density at radius 1 is 1.19 bits per heavy atom. The van der Waals surface area contributed by atoms with Crippen LogP contribution in [0, 0.1) is 6.92 Å². The van der Waals surface area contributed by atoms with Crippen molar-refractivity contribution in [2.45, 2.75) is 43.1 Å². The van der Waals surface area contributed by atoms with Gasteiger partial charge in [0.05, 0.1) is 0 Å². The Morgan fingerprint density at radius 3 is 2.81 bits per heavy atom. The van der Waals surface area contributed by atoms with Gasteiger partial charge in [0.2, 0.25) is 0 Å². The number of hydrogen-bond donors (Lipinski definition) is 0. The van der Waals surface area contributed by atoms with E-state index >= 15 is 0 Å². The molecule has 142 valence electrons. The summed E-state index contributed by atoms with van der Waals surface area (Å²) in [6, 6.07) is 12.8. The fourth-order valence-corrected chi connectivity index (χ4v) is 5.53. The molecule has 3 aromatic rings. The highest BCUT2D eigenvalue weighted by molar-refractivity contribution is 7.98. The van der Waals surface area contributed by atoms with E-state index in [2.05, 4.69) is 75.4 Å². The zero-order valence-corrected chi connectivity index (χ0v) is 17.6. The molecule has 6 heteroatoms. The van der Waals surface area contributed by atoms with Crippen LogP contribution in [0.3, 0.4) is 0 Å². The van der Waals surface area contributed by atoms with Gasteiger partial charge in [-0.2, -0.15) is 0 Å². The summed E-state index contributed by atoms with van der Waals surface area (Å²) in [6.45, 7) is 5.54. The van der Waals surface area contributed by atoms with Crippen molar-refractivity contribution < 1.29 is 0 Å². The zero-order valence-electron chi connectivity index (χ0n) is 16.0. The summed E-state index contributed by atoms with van der Waals surface area (Å²) >= 11 is 3.64. The number of rotatable bonds is 6. The number of thioether (sulfide) groups is 1. The van der Waals surface area contributed by atoms with Crippen LogP contribution in [0.5, 0.6) is 0 Å². The minimum absolute atomic E-state index is 0.475. The molecule has 1 unspecified atom stereocenters. The predicted octanol–water partition coefficient (Wildman–Crippen LogP) is 4.86. The first kappa shape index (κ1) is 18.7. The SMILES string of the molecule is Cc1ccsc1CN1CCCC(c2nnc(SCc3ccccc3)n2C)C1. The summed E-state index contributed by atoms with van der Waals surface area (Å²) in [7, 11) is 2.12. The van der Waals surface area contributed by atoms with E-state index in [-0.39, 0.29) is 0 Å². The number of aryl methyl sites for hydroxylation is 1. The third kappa shape index (κ3) is 4.45. The maximum atomic E-state index is 4.57. The average Bonchev–Trinajstić information content (AvgIpc) is 3.27. The van der Waals surface area contributed by atoms with Gasteiger partial charge in [0, 0.05) is 36.7 Å². The number of likely N-dealkylation sites (tertiary alicyclic amines) is 1. The van der Waals surface area contributed by atoms with E-state index in [0.29, 0.717) is 5.92 Å². The third-order valence-electron chi connectivity index (χ3n) is 5.29. The second-order valence-corrected chi connectivity index (χ2v) is 9.22. The molecule has 3 heterocycles. The van der Waals surface area contributed by atoms with Crippen LogP contribution in [-0.4, -0.2) is 32.8 Å². The van der Waals surface area contributed by atoms with Gasteiger partial charge in [0.15, 0.2) is 5.16 Å². The lowest BCUT2D eigenvalue weighted by Crippen LogP contribution is -2.34. The molecule has 2 aromatic heterocycles. The van der Waals surface area contributed by atoms with Crippen LogP contribution in [0.1, 0.15) is 40.6 Å². The lowest BCUT2D eigenvalue weighted by molar-refractivity contribution is 0.196. The molecule has 0 spiro atoms. The summed E-state index contributed by atoms with van der Waals surface area (Å²) in [5.74, 6) is 2.54. The van der Waals surface area contributed by atoms with Crippen molar-refractivity contribution >= 4 is 23.1 Å². The van der Waals surface area contributed by atoms with Crippen LogP contribution in [0.4, 0.5) is 0 Å². The summed E-state index contributed by atoms with van der Waals surface area (Å²) < 4.78 is 2.21. The van der Waals surface area contributed by atoms with Gasteiger partial charge in [-0.05, 0) is 48.9 Å². The molecule has 0 radical (unpaired) electrons. The lowest BCUT2D eigenvalue weighted by atomic mass is 9.97. The molecule has 1 aromatic carbocycles. The molecule has 0 N–H and O–H groups in total. The Balaban J connectivity index is 1.40. The Hall–Kier alpha value is -1.63. The summed E-state index contributed by atoms with van der Waals surface area (Å²) in [6.07, 6.45) is 2.43. The maximum Gasteiger partial charge on any atom is 0.191 e. The first-order valence-corrected chi connectivity index (χ1v) is 11.4. The molecule has 4 nitrogen and oxygen atoms in total. The Morgan fingerprint density at radius 2 is 2.04 bits per heavy atom. The van der Waals surface area contributed by atoms with Crippen molar-refractivity contribution in [2.24, 2.45) is 7.05 Å². The molecule has 1 atom stereocenters. The molecule has 0 aliphatic carbocycles. The highest BCUT2D eigenvalue weighted by atomic mass is 32.2. The predicted molar refractivity (Wildman–Crippen MR) is 113 cm³/mol. The lowest BCUT2D eigenvalue weighted by Gasteiger charge is -2.32. The molecule has 1 saturated heterocycles. The van der Waals surface area contributed by atoms with Crippen molar-refractivity contribution in [3.63, 3.8) is 0 Å². The van der Waals surface area contributed by atoms with Gasteiger partial charge in [-0.15, -0.1) is 21.5 Å². The first-order chi connectivity index (χ1) is 13.2. The average molecular weight is 399 g/mol. The Bertz CT molecular complexity index is 871. The normalized spacial score (nSPS) is 18.1. The van der Waals surface area contributed by atoms with E-state index in [1.165, 1.54) is 35.4 Å². The Labute approximate surface area is 169 Å². The quantitative estimate of drug-likeness (QED) is 0.556. The van der Waals surface area contributed by atoms with Crippen molar-refractivity contribution in [3.8, 4) is 0 Å². The monoisotopic (exact) mass is 398 g/mol. The standard InChI is InChI=1S/C21H26N4S2/c1-16-10-12-26-19(16)14-25-11-6-9-18(13-25)20-22-23-21(24(20)2)27-15-17-7-4-3-5-8-17/h3-5,7-8,10,12,18H,6,9,11,13-15H2,1-2H3. The number of piperidine rings is 1. The molecule has 4 rings (SSSR count). The van der Waals surface area contributed by atoms with Crippen LogP contribution in [-0.2, 0) is 19.3 Å². The first-order valence-electron chi connectivity index (χ1n) is 9.52. The van der Waals surface area contributed by atoms with Crippen molar-refractivity contribution in [1.82, 2.24) is 19.7 Å². The molecule has 1 aliphatic heterocycles. The largest absolute Gasteiger partial charge is 0.309 e. The topological polar surface area (TPSA) is 34.0 Å². The minimum atomic E-state index is 0.475. The molecule has 1 aliphatic rings. The van der Waals surface area contributed by atoms with Gasteiger partial charge in [-0.25, -0.2) is 0 Å². The van der Waals surface area contributed by atoms with E-state index in [1.54, 1.807) is 11.8 Å². The summed E-state index contributed by atoms with van der Waals surface area (Å²) in [4.78, 5) is 4.08. The molecule has 0 bridgehead atoms. The van der Waals surface area contributed by atoms with Gasteiger partial charge in [0.1, 0.15) is 5.82 Å². The van der Waals surface area contributed by atoms with Crippen LogP contribution in [0.15, 0.2) is 46.9 Å². The fourth-order valence-electron chi connectivity index (χ4n) is 3.71. The third-order valence-corrected chi connectivity index (χ3v) is 7.38. The van der Waals surface area contributed by atoms with E-state index in [0.717, 1.165) is 29.8 Å². The molecular formula is C21H26N4S2. The van der Waals surface area contributed by atoms with Crippen LogP contribution in [0.25, 0.3) is 0 Å². The number of thiophene rings is 1. The number of hydrogen-bond acceptors (Lipinski definition) is 5. The van der Waals surface area contributed by atoms with Crippen LogP contribution < -0.4 is 0 Å². The van der Waals surface area contributed by atoms with Gasteiger partial charge in [0.25, 0.3) is 0 Å². The highest BCUT2D eigenvalue weighted by Crippen LogP contribution is 2.30. The summed E-state index contributed by atoms with van der Waals surface area (Å²) in [5, 5.41) is 12.3. The fraction of sp³-hybridized carbons (Fsp3) is 0.429. The smallest absolute Gasteiger partial charge is 0.191 e. The van der Waals surface area contributed by atoms with Crippen molar-refractivity contribution in [3.05, 3.63) is 63.6 Å². The summed E-state index contributed by atoms with van der Waals surface area (Å²) in [5.41, 5.74) is 2.74. The second-order valence-electron chi connectivity index (χ2n) is 7.28. The number of benzene rings is 1. The van der Waals surface area contributed by atoms with E-state index in [4.69, 9.17) is 0 Å². The number of nitrogens with zero attached hydrogens (tertiary/aromatic N) is 4. The van der Waals surface area contributed by atoms with Gasteiger partial charge < -0.3 is 4.57 Å². The van der Waals surface area contributed by atoms with Gasteiger partial charge >= 0.3 is 0 Å². The van der Waals surface area contributed by atoms with Crippen molar-refractivity contribution in [1.29, 1.82) is 0 Å². The molecule has 1 fully saturated rings. The number of aromatic nitrogens is 3. The van der Waals surface area contributed by atoms with Gasteiger partial charge in [-0.3, -0.25) is 4.90 Å². The molecular weight excluding hydrogens is 372 g/mol. The van der Waals surface area contributed by atoms with E-state index in [1.807, 2.05) is 11.3 Å². The Kier molecular flexibility index (Phi) is 5.95. The highest BCUT2D eigenvalue weighted by Gasteiger charge is 2.26. The van der Waals surface area contributed by atoms with Crippen LogP contribution in [0.2, 0.25) is 0 Å². The van der Waals surface area contributed by atoms with E-state index in [9.17, 15) is 0 Å². The van der Waals surface area contributed by atoms with Crippen molar-refractivity contribution in [2.75, 3.05) is 13.1 Å². The molecule has 27 heavy (non-hydrogen) atoms. The minimum Gasteiger partial charge on any atom is -0.309 e. The second kappa shape index (κ2) is 8.59. The van der Waals surface area contributed by atoms with E-state index < -0.39 is 0 Å². The molecule has 0 saturated carbocycles.